The van der Waals surface area contributed by atoms with Gasteiger partial charge in [0.2, 0.25) is 11.9 Å². The Morgan fingerprint density at radius 1 is 0.974 bits per heavy atom. The number of methoxy groups -OCH3 is 2. The minimum Gasteiger partial charge on any atom is -0.493 e. The number of rotatable bonds is 7. The Hall–Kier alpha value is -4.51. The number of ether oxygens (including phenoxy) is 2. The fourth-order valence-electron chi connectivity index (χ4n) is 4.48. The van der Waals surface area contributed by atoms with Crippen molar-refractivity contribution in [1.82, 2.24) is 24.8 Å². The van der Waals surface area contributed by atoms with Gasteiger partial charge in [-0.3, -0.25) is 9.69 Å². The first-order valence-electron chi connectivity index (χ1n) is 12.3. The highest BCUT2D eigenvalue weighted by molar-refractivity contribution is 5.94. The summed E-state index contributed by atoms with van der Waals surface area (Å²) in [5.41, 5.74) is 9.38. The smallest absolute Gasteiger partial charge is 0.240 e. The maximum absolute atomic E-state index is 12.8. The van der Waals surface area contributed by atoms with Crippen LogP contribution in [-0.2, 0) is 4.79 Å². The third-order valence-electron chi connectivity index (χ3n) is 6.63. The Morgan fingerprint density at radius 2 is 1.71 bits per heavy atom. The lowest BCUT2D eigenvalue weighted by Crippen LogP contribution is -2.50. The summed E-state index contributed by atoms with van der Waals surface area (Å²) in [5.74, 6) is 2.06. The van der Waals surface area contributed by atoms with Crippen molar-refractivity contribution in [3.05, 3.63) is 54.7 Å². The Kier molecular flexibility index (Phi) is 7.18. The molecule has 1 aliphatic heterocycles. The van der Waals surface area contributed by atoms with Crippen molar-refractivity contribution in [3.63, 3.8) is 0 Å². The standard InChI is InChI=1S/C27H30N8O3/c1-33(19-7-5-4-6-8-19)23(36)17-34-11-13-35(14-12-34)26-24-25(31-27(28)32-26)29-16-20(30-24)18-9-10-21(37-2)22(15-18)38-3/h4-10,15-16H,11-14,17H2,1-3H3,(H2,28,29,31,32). The number of carbonyl (C=O) groups excluding carboxylic acids is 1. The number of anilines is 3. The molecule has 2 aromatic heterocycles. The van der Waals surface area contributed by atoms with E-state index in [0.29, 0.717) is 66.9 Å². The maximum Gasteiger partial charge on any atom is 0.240 e. The summed E-state index contributed by atoms with van der Waals surface area (Å²) >= 11 is 0. The van der Waals surface area contributed by atoms with Crippen molar-refractivity contribution < 1.29 is 14.3 Å². The first kappa shape index (κ1) is 25.2. The number of aromatic nitrogens is 4. The fraction of sp³-hybridized carbons (Fsp3) is 0.296. The number of carbonyl (C=O) groups is 1. The maximum atomic E-state index is 12.8. The second-order valence-electron chi connectivity index (χ2n) is 8.95. The predicted molar refractivity (Wildman–Crippen MR) is 147 cm³/mol. The van der Waals surface area contributed by atoms with Crippen molar-refractivity contribution in [2.24, 2.45) is 0 Å². The van der Waals surface area contributed by atoms with E-state index in [4.69, 9.17) is 20.2 Å². The number of nitrogen functional groups attached to an aromatic ring is 1. The Labute approximate surface area is 220 Å². The summed E-state index contributed by atoms with van der Waals surface area (Å²) in [6.45, 7) is 3.06. The lowest BCUT2D eigenvalue weighted by Gasteiger charge is -2.35. The van der Waals surface area contributed by atoms with Crippen LogP contribution in [0.2, 0.25) is 0 Å². The average Bonchev–Trinajstić information content (AvgIpc) is 2.96. The number of benzene rings is 2. The van der Waals surface area contributed by atoms with Gasteiger partial charge < -0.3 is 25.0 Å². The molecule has 1 amide bonds. The molecule has 0 atom stereocenters. The van der Waals surface area contributed by atoms with E-state index in [1.54, 1.807) is 32.4 Å². The number of hydrogen-bond donors (Lipinski definition) is 1. The molecule has 1 saturated heterocycles. The number of likely N-dealkylation sites (N-methyl/N-ethyl adjacent to an activating group) is 1. The first-order valence-corrected chi connectivity index (χ1v) is 12.3. The van der Waals surface area contributed by atoms with Gasteiger partial charge in [0, 0.05) is 44.5 Å². The van der Waals surface area contributed by atoms with E-state index in [-0.39, 0.29) is 11.9 Å². The monoisotopic (exact) mass is 514 g/mol. The number of piperazine rings is 1. The highest BCUT2D eigenvalue weighted by Gasteiger charge is 2.24. The molecule has 3 heterocycles. The molecule has 5 rings (SSSR count). The minimum atomic E-state index is 0.0480. The van der Waals surface area contributed by atoms with Crippen LogP contribution in [0.25, 0.3) is 22.4 Å². The van der Waals surface area contributed by atoms with E-state index < -0.39 is 0 Å². The molecule has 1 fully saturated rings. The van der Waals surface area contributed by atoms with Gasteiger partial charge in [-0.1, -0.05) is 18.2 Å². The Bertz CT molecular complexity index is 1440. The van der Waals surface area contributed by atoms with Crippen LogP contribution < -0.4 is 25.0 Å². The van der Waals surface area contributed by atoms with Crippen molar-refractivity contribution >= 4 is 34.5 Å². The molecular weight excluding hydrogens is 484 g/mol. The highest BCUT2D eigenvalue weighted by atomic mass is 16.5. The largest absolute Gasteiger partial charge is 0.493 e. The highest BCUT2D eigenvalue weighted by Crippen LogP contribution is 2.32. The summed E-state index contributed by atoms with van der Waals surface area (Å²) in [6, 6.07) is 15.2. The van der Waals surface area contributed by atoms with Crippen molar-refractivity contribution in [1.29, 1.82) is 0 Å². The number of nitrogens with zero attached hydrogens (tertiary/aromatic N) is 7. The third-order valence-corrected chi connectivity index (χ3v) is 6.63. The van der Waals surface area contributed by atoms with Gasteiger partial charge in [-0.2, -0.15) is 9.97 Å². The molecule has 0 aliphatic carbocycles. The van der Waals surface area contributed by atoms with Crippen LogP contribution in [0.15, 0.2) is 54.7 Å². The molecule has 0 radical (unpaired) electrons. The van der Waals surface area contributed by atoms with Crippen molar-refractivity contribution in [2.75, 3.05) is 69.5 Å². The van der Waals surface area contributed by atoms with Crippen molar-refractivity contribution in [2.45, 2.75) is 0 Å². The van der Waals surface area contributed by atoms with Gasteiger partial charge in [0.15, 0.2) is 28.5 Å². The van der Waals surface area contributed by atoms with Gasteiger partial charge in [-0.25, -0.2) is 9.97 Å². The van der Waals surface area contributed by atoms with E-state index in [1.807, 2.05) is 48.5 Å². The van der Waals surface area contributed by atoms with E-state index in [9.17, 15) is 4.79 Å². The molecule has 4 aromatic rings. The minimum absolute atomic E-state index is 0.0480. The van der Waals surface area contributed by atoms with E-state index in [1.165, 1.54) is 0 Å². The zero-order valence-corrected chi connectivity index (χ0v) is 21.7. The number of amides is 1. The van der Waals surface area contributed by atoms with Crippen LogP contribution in [0, 0.1) is 0 Å². The van der Waals surface area contributed by atoms with Gasteiger partial charge >= 0.3 is 0 Å². The molecule has 0 saturated carbocycles. The lowest BCUT2D eigenvalue weighted by atomic mass is 10.1. The first-order chi connectivity index (χ1) is 18.5. The zero-order valence-electron chi connectivity index (χ0n) is 21.7. The molecule has 0 unspecified atom stereocenters. The topological polar surface area (TPSA) is 123 Å². The molecule has 0 spiro atoms. The molecule has 11 heteroatoms. The summed E-state index contributed by atoms with van der Waals surface area (Å²) in [6.07, 6.45) is 1.66. The normalized spacial score (nSPS) is 13.9. The van der Waals surface area contributed by atoms with Gasteiger partial charge in [0.05, 0.1) is 32.7 Å². The van der Waals surface area contributed by atoms with Gasteiger partial charge in [0.25, 0.3) is 0 Å². The predicted octanol–water partition coefficient (Wildman–Crippen LogP) is 2.47. The Morgan fingerprint density at radius 3 is 2.42 bits per heavy atom. The van der Waals surface area contributed by atoms with Crippen LogP contribution in [0.4, 0.5) is 17.5 Å². The van der Waals surface area contributed by atoms with Crippen LogP contribution in [0.1, 0.15) is 0 Å². The Balaban J connectivity index is 1.34. The molecule has 196 valence electrons. The number of hydrogen-bond acceptors (Lipinski definition) is 10. The summed E-state index contributed by atoms with van der Waals surface area (Å²) in [4.78, 5) is 37.0. The van der Waals surface area contributed by atoms with Crippen LogP contribution in [0.3, 0.4) is 0 Å². The van der Waals surface area contributed by atoms with Gasteiger partial charge in [-0.15, -0.1) is 0 Å². The summed E-state index contributed by atoms with van der Waals surface area (Å²) in [5, 5.41) is 0. The van der Waals surface area contributed by atoms with Crippen molar-refractivity contribution in [3.8, 4) is 22.8 Å². The zero-order chi connectivity index (χ0) is 26.6. The molecule has 1 aliphatic rings. The van der Waals surface area contributed by atoms with Gasteiger partial charge in [0.1, 0.15) is 0 Å². The average molecular weight is 515 g/mol. The fourth-order valence-corrected chi connectivity index (χ4v) is 4.48. The van der Waals surface area contributed by atoms with Crippen LogP contribution >= 0.6 is 0 Å². The second kappa shape index (κ2) is 10.9. The molecule has 2 N–H and O–H groups in total. The third kappa shape index (κ3) is 5.14. The van der Waals surface area contributed by atoms with E-state index in [0.717, 1.165) is 11.3 Å². The van der Waals surface area contributed by atoms with E-state index >= 15 is 0 Å². The SMILES string of the molecule is COc1ccc(-c2cnc3nc(N)nc(N4CCN(CC(=O)N(C)c5ccccc5)CC4)c3n2)cc1OC. The molecular formula is C27H30N8O3. The van der Waals surface area contributed by atoms with Gasteiger partial charge in [-0.05, 0) is 30.3 Å². The molecule has 11 nitrogen and oxygen atoms in total. The molecule has 0 bridgehead atoms. The van der Waals surface area contributed by atoms with Crippen LogP contribution in [-0.4, -0.2) is 84.7 Å². The lowest BCUT2D eigenvalue weighted by molar-refractivity contribution is -0.119. The number of fused-ring (bicyclic) bond motifs is 1. The molecule has 38 heavy (non-hydrogen) atoms. The number of nitrogens with two attached hydrogens (primary N) is 1. The quantitative estimate of drug-likeness (QED) is 0.393. The number of para-hydroxylation sites is 1. The summed E-state index contributed by atoms with van der Waals surface area (Å²) in [7, 11) is 4.99. The van der Waals surface area contributed by atoms with E-state index in [2.05, 4.69) is 24.8 Å². The second-order valence-corrected chi connectivity index (χ2v) is 8.95. The summed E-state index contributed by atoms with van der Waals surface area (Å²) < 4.78 is 10.8. The van der Waals surface area contributed by atoms with Crippen LogP contribution in [0.5, 0.6) is 11.5 Å². The molecule has 2 aromatic carbocycles.